The lowest BCUT2D eigenvalue weighted by atomic mass is 10.0. The molecule has 4 heteroatoms. The SMILES string of the molecule is N=Nc1ccc(-c2ccnc(-c3ccccn3)c2)cc1. The molecule has 0 unspecified atom stereocenters. The smallest absolute Gasteiger partial charge is 0.0892 e. The molecule has 0 saturated heterocycles. The molecule has 0 bridgehead atoms. The van der Waals surface area contributed by atoms with E-state index in [1.165, 1.54) is 0 Å². The van der Waals surface area contributed by atoms with E-state index in [9.17, 15) is 0 Å². The van der Waals surface area contributed by atoms with Crippen LogP contribution in [0.5, 0.6) is 0 Å². The van der Waals surface area contributed by atoms with Crippen LogP contribution < -0.4 is 0 Å². The predicted octanol–water partition coefficient (Wildman–Crippen LogP) is 4.47. The van der Waals surface area contributed by atoms with Crippen LogP contribution in [-0.2, 0) is 0 Å². The molecule has 0 spiro atoms. The van der Waals surface area contributed by atoms with Gasteiger partial charge in [-0.1, -0.05) is 18.2 Å². The molecule has 0 saturated carbocycles. The third-order valence-corrected chi connectivity index (χ3v) is 3.02. The van der Waals surface area contributed by atoms with Gasteiger partial charge in [-0.25, -0.2) is 5.53 Å². The Balaban J connectivity index is 2.00. The highest BCUT2D eigenvalue weighted by Gasteiger charge is 2.03. The summed E-state index contributed by atoms with van der Waals surface area (Å²) in [7, 11) is 0. The number of hydrogen-bond acceptors (Lipinski definition) is 4. The topological polar surface area (TPSA) is 62.0 Å². The van der Waals surface area contributed by atoms with Crippen molar-refractivity contribution in [3.8, 4) is 22.5 Å². The van der Waals surface area contributed by atoms with E-state index in [-0.39, 0.29) is 0 Å². The zero-order valence-corrected chi connectivity index (χ0v) is 10.7. The summed E-state index contributed by atoms with van der Waals surface area (Å²) < 4.78 is 0. The number of benzene rings is 1. The van der Waals surface area contributed by atoms with E-state index in [4.69, 9.17) is 5.53 Å². The maximum absolute atomic E-state index is 6.97. The number of nitrogens with one attached hydrogen (secondary N) is 1. The fraction of sp³-hybridized carbons (Fsp3) is 0. The van der Waals surface area contributed by atoms with Crippen LogP contribution >= 0.6 is 0 Å². The minimum absolute atomic E-state index is 0.646. The van der Waals surface area contributed by atoms with Crippen LogP contribution in [0.3, 0.4) is 0 Å². The van der Waals surface area contributed by atoms with E-state index in [1.807, 2.05) is 54.6 Å². The minimum atomic E-state index is 0.646. The summed E-state index contributed by atoms with van der Waals surface area (Å²) in [5.74, 6) is 0. The van der Waals surface area contributed by atoms with E-state index in [0.717, 1.165) is 22.5 Å². The third-order valence-electron chi connectivity index (χ3n) is 3.02. The minimum Gasteiger partial charge on any atom is -0.255 e. The molecular formula is C16H12N4. The number of rotatable bonds is 3. The van der Waals surface area contributed by atoms with Crippen molar-refractivity contribution >= 4 is 5.69 Å². The molecule has 0 aliphatic rings. The van der Waals surface area contributed by atoms with Crippen molar-refractivity contribution in [2.45, 2.75) is 0 Å². The maximum Gasteiger partial charge on any atom is 0.0892 e. The molecule has 4 nitrogen and oxygen atoms in total. The van der Waals surface area contributed by atoms with Gasteiger partial charge in [0.25, 0.3) is 0 Å². The van der Waals surface area contributed by atoms with Gasteiger partial charge in [0.05, 0.1) is 17.1 Å². The Bertz CT molecular complexity index is 721. The molecule has 3 aromatic rings. The van der Waals surface area contributed by atoms with E-state index in [0.29, 0.717) is 5.69 Å². The quantitative estimate of drug-likeness (QED) is 0.706. The van der Waals surface area contributed by atoms with Crippen LogP contribution in [0.1, 0.15) is 0 Å². The van der Waals surface area contributed by atoms with Gasteiger partial charge in [-0.2, -0.15) is 5.11 Å². The van der Waals surface area contributed by atoms with Crippen LogP contribution in [-0.4, -0.2) is 9.97 Å². The molecule has 0 atom stereocenters. The maximum atomic E-state index is 6.97. The Morgan fingerprint density at radius 3 is 2.25 bits per heavy atom. The van der Waals surface area contributed by atoms with Gasteiger partial charge < -0.3 is 0 Å². The zero-order chi connectivity index (χ0) is 13.8. The van der Waals surface area contributed by atoms with E-state index in [1.54, 1.807) is 12.4 Å². The summed E-state index contributed by atoms with van der Waals surface area (Å²) >= 11 is 0. The van der Waals surface area contributed by atoms with Crippen molar-refractivity contribution in [2.75, 3.05) is 0 Å². The largest absolute Gasteiger partial charge is 0.255 e. The molecule has 0 aliphatic carbocycles. The van der Waals surface area contributed by atoms with Crippen molar-refractivity contribution in [1.29, 1.82) is 5.53 Å². The third kappa shape index (κ3) is 2.44. The first kappa shape index (κ1) is 12.2. The van der Waals surface area contributed by atoms with Crippen LogP contribution in [0.4, 0.5) is 5.69 Å². The second-order valence-electron chi connectivity index (χ2n) is 4.30. The average molecular weight is 260 g/mol. The molecular weight excluding hydrogens is 248 g/mol. The van der Waals surface area contributed by atoms with Crippen molar-refractivity contribution in [1.82, 2.24) is 9.97 Å². The Hall–Kier alpha value is -2.88. The Kier molecular flexibility index (Phi) is 3.29. The first-order valence-electron chi connectivity index (χ1n) is 6.22. The van der Waals surface area contributed by atoms with Crippen molar-refractivity contribution < 1.29 is 0 Å². The highest BCUT2D eigenvalue weighted by atomic mass is 14.9. The van der Waals surface area contributed by atoms with Gasteiger partial charge in [0.2, 0.25) is 0 Å². The normalized spacial score (nSPS) is 10.2. The number of hydrogen-bond donors (Lipinski definition) is 1. The Morgan fingerprint density at radius 1 is 0.750 bits per heavy atom. The van der Waals surface area contributed by atoms with Crippen molar-refractivity contribution in [3.05, 3.63) is 67.0 Å². The molecule has 0 aliphatic heterocycles. The number of nitrogens with zero attached hydrogens (tertiary/aromatic N) is 3. The molecule has 0 radical (unpaired) electrons. The van der Waals surface area contributed by atoms with Crippen LogP contribution in [0.15, 0.2) is 72.1 Å². The van der Waals surface area contributed by atoms with Crippen molar-refractivity contribution in [3.63, 3.8) is 0 Å². The molecule has 96 valence electrons. The predicted molar refractivity (Wildman–Crippen MR) is 77.7 cm³/mol. The van der Waals surface area contributed by atoms with E-state index < -0.39 is 0 Å². The highest BCUT2D eigenvalue weighted by molar-refractivity contribution is 5.69. The summed E-state index contributed by atoms with van der Waals surface area (Å²) in [4.78, 5) is 8.67. The van der Waals surface area contributed by atoms with E-state index in [2.05, 4.69) is 15.1 Å². The summed E-state index contributed by atoms with van der Waals surface area (Å²) in [6.45, 7) is 0. The zero-order valence-electron chi connectivity index (χ0n) is 10.7. The molecule has 0 amide bonds. The van der Waals surface area contributed by atoms with Gasteiger partial charge in [0.15, 0.2) is 0 Å². The summed E-state index contributed by atoms with van der Waals surface area (Å²) in [5.41, 5.74) is 11.5. The van der Waals surface area contributed by atoms with Gasteiger partial charge in [0, 0.05) is 12.4 Å². The average Bonchev–Trinajstić information content (AvgIpc) is 2.56. The molecule has 1 aromatic carbocycles. The Labute approximate surface area is 116 Å². The second kappa shape index (κ2) is 5.40. The summed E-state index contributed by atoms with van der Waals surface area (Å²) in [6.07, 6.45) is 3.54. The van der Waals surface area contributed by atoms with Gasteiger partial charge in [-0.3, -0.25) is 9.97 Å². The number of pyridine rings is 2. The molecule has 2 aromatic heterocycles. The lowest BCUT2D eigenvalue weighted by molar-refractivity contribution is 1.15. The fourth-order valence-electron chi connectivity index (χ4n) is 1.99. The lowest BCUT2D eigenvalue weighted by Crippen LogP contribution is -1.87. The fourth-order valence-corrected chi connectivity index (χ4v) is 1.99. The highest BCUT2D eigenvalue weighted by Crippen LogP contribution is 2.25. The standard InChI is InChI=1S/C16H12N4/c17-20-14-6-4-12(5-7-14)13-8-10-19-16(11-13)15-3-1-2-9-18-15/h1-11,17H. The molecule has 3 rings (SSSR count). The summed E-state index contributed by atoms with van der Waals surface area (Å²) in [6, 6.07) is 17.3. The molecule has 2 heterocycles. The summed E-state index contributed by atoms with van der Waals surface area (Å²) in [5, 5.41) is 3.40. The molecule has 20 heavy (non-hydrogen) atoms. The van der Waals surface area contributed by atoms with E-state index >= 15 is 0 Å². The molecule has 1 N–H and O–H groups in total. The Morgan fingerprint density at radius 2 is 1.55 bits per heavy atom. The van der Waals surface area contributed by atoms with Gasteiger partial charge in [0.1, 0.15) is 0 Å². The van der Waals surface area contributed by atoms with Gasteiger partial charge >= 0.3 is 0 Å². The van der Waals surface area contributed by atoms with Gasteiger partial charge in [-0.15, -0.1) is 0 Å². The monoisotopic (exact) mass is 260 g/mol. The second-order valence-corrected chi connectivity index (χ2v) is 4.30. The first-order valence-corrected chi connectivity index (χ1v) is 6.22. The first-order chi connectivity index (χ1) is 9.86. The van der Waals surface area contributed by atoms with Crippen LogP contribution in [0, 0.1) is 5.53 Å². The number of aromatic nitrogens is 2. The van der Waals surface area contributed by atoms with Crippen LogP contribution in [0.25, 0.3) is 22.5 Å². The van der Waals surface area contributed by atoms with Gasteiger partial charge in [-0.05, 0) is 47.5 Å². The van der Waals surface area contributed by atoms with Crippen molar-refractivity contribution in [2.24, 2.45) is 5.11 Å². The van der Waals surface area contributed by atoms with Crippen LogP contribution in [0.2, 0.25) is 0 Å². The molecule has 0 fully saturated rings. The lowest BCUT2D eigenvalue weighted by Gasteiger charge is -2.04.